The molecule has 0 spiro atoms. The van der Waals surface area contributed by atoms with Gasteiger partial charge in [0.1, 0.15) is 11.9 Å². The number of aryl methyl sites for hydroxylation is 2. The van der Waals surface area contributed by atoms with Gasteiger partial charge in [0.15, 0.2) is 0 Å². The molecule has 0 radical (unpaired) electrons. The number of aromatic nitrogens is 1. The highest BCUT2D eigenvalue weighted by molar-refractivity contribution is 5.72. The molecule has 4 heteroatoms. The SMILES string of the molecule is Cc1cccc(C)c1-c1cc(C2CCCNC2)c(C#N)c(N)n1. The lowest BCUT2D eigenvalue weighted by atomic mass is 9.87. The van der Waals surface area contributed by atoms with Gasteiger partial charge in [-0.15, -0.1) is 0 Å². The number of benzene rings is 1. The minimum atomic E-state index is 0.326. The van der Waals surface area contributed by atoms with Crippen LogP contribution in [0.4, 0.5) is 5.82 Å². The van der Waals surface area contributed by atoms with E-state index in [1.165, 1.54) is 11.1 Å². The van der Waals surface area contributed by atoms with Crippen molar-refractivity contribution in [2.75, 3.05) is 18.8 Å². The molecule has 4 nitrogen and oxygen atoms in total. The third-order valence-corrected chi connectivity index (χ3v) is 4.66. The molecule has 3 N–H and O–H groups in total. The fourth-order valence-electron chi connectivity index (χ4n) is 3.49. The summed E-state index contributed by atoms with van der Waals surface area (Å²) in [5, 5.41) is 12.9. The zero-order chi connectivity index (χ0) is 16.4. The monoisotopic (exact) mass is 306 g/mol. The van der Waals surface area contributed by atoms with E-state index in [0.29, 0.717) is 17.3 Å². The van der Waals surface area contributed by atoms with Crippen molar-refractivity contribution in [3.05, 3.63) is 46.5 Å². The molecule has 0 amide bonds. The van der Waals surface area contributed by atoms with Crippen molar-refractivity contribution in [3.63, 3.8) is 0 Å². The van der Waals surface area contributed by atoms with Gasteiger partial charge in [0.05, 0.1) is 11.3 Å². The van der Waals surface area contributed by atoms with Crippen molar-refractivity contribution >= 4 is 5.82 Å². The van der Waals surface area contributed by atoms with E-state index in [1.54, 1.807) is 0 Å². The first-order chi connectivity index (χ1) is 11.1. The summed E-state index contributed by atoms with van der Waals surface area (Å²) in [4.78, 5) is 4.53. The van der Waals surface area contributed by atoms with E-state index in [0.717, 1.165) is 42.8 Å². The van der Waals surface area contributed by atoms with Crippen LogP contribution in [0, 0.1) is 25.2 Å². The standard InChI is InChI=1S/C19H22N4/c1-12-5-3-6-13(2)18(12)17-9-15(14-7-4-8-22-11-14)16(10-20)19(21)23-17/h3,5-6,9,14,22H,4,7-8,11H2,1-2H3,(H2,21,23). The first-order valence-corrected chi connectivity index (χ1v) is 8.09. The molecule has 1 aliphatic heterocycles. The third-order valence-electron chi connectivity index (χ3n) is 4.66. The Morgan fingerprint density at radius 1 is 1.30 bits per heavy atom. The fourth-order valence-corrected chi connectivity index (χ4v) is 3.49. The number of nitrogens with one attached hydrogen (secondary N) is 1. The molecule has 1 unspecified atom stereocenters. The highest BCUT2D eigenvalue weighted by atomic mass is 14.9. The second-order valence-corrected chi connectivity index (χ2v) is 6.28. The lowest BCUT2D eigenvalue weighted by molar-refractivity contribution is 0.461. The molecule has 1 saturated heterocycles. The van der Waals surface area contributed by atoms with Crippen molar-refractivity contribution in [2.24, 2.45) is 0 Å². The lowest BCUT2D eigenvalue weighted by Crippen LogP contribution is -2.29. The van der Waals surface area contributed by atoms with E-state index >= 15 is 0 Å². The van der Waals surface area contributed by atoms with Gasteiger partial charge in [0.2, 0.25) is 0 Å². The summed E-state index contributed by atoms with van der Waals surface area (Å²) in [6, 6.07) is 10.5. The van der Waals surface area contributed by atoms with Crippen LogP contribution in [0.15, 0.2) is 24.3 Å². The fraction of sp³-hybridized carbons (Fsp3) is 0.368. The van der Waals surface area contributed by atoms with E-state index in [2.05, 4.69) is 48.4 Å². The summed E-state index contributed by atoms with van der Waals surface area (Å²) in [7, 11) is 0. The van der Waals surface area contributed by atoms with Crippen molar-refractivity contribution in [1.82, 2.24) is 10.3 Å². The first kappa shape index (κ1) is 15.5. The molecule has 1 fully saturated rings. The minimum absolute atomic E-state index is 0.326. The number of pyridine rings is 1. The van der Waals surface area contributed by atoms with Gasteiger partial charge in [-0.25, -0.2) is 4.98 Å². The molecule has 2 aromatic rings. The Labute approximate surface area is 137 Å². The normalized spacial score (nSPS) is 17.7. The average molecular weight is 306 g/mol. The second kappa shape index (κ2) is 6.39. The quantitative estimate of drug-likeness (QED) is 0.893. The minimum Gasteiger partial charge on any atom is -0.383 e. The number of anilines is 1. The summed E-state index contributed by atoms with van der Waals surface area (Å²) in [5.41, 5.74) is 12.0. The van der Waals surface area contributed by atoms with E-state index in [4.69, 9.17) is 5.73 Å². The number of rotatable bonds is 2. The smallest absolute Gasteiger partial charge is 0.142 e. The van der Waals surface area contributed by atoms with Gasteiger partial charge in [0, 0.05) is 12.1 Å². The maximum absolute atomic E-state index is 9.51. The van der Waals surface area contributed by atoms with Crippen LogP contribution < -0.4 is 11.1 Å². The molecule has 0 saturated carbocycles. The van der Waals surface area contributed by atoms with Crippen molar-refractivity contribution < 1.29 is 0 Å². The van der Waals surface area contributed by atoms with E-state index < -0.39 is 0 Å². The van der Waals surface area contributed by atoms with Crippen molar-refractivity contribution in [3.8, 4) is 17.3 Å². The van der Waals surface area contributed by atoms with Crippen molar-refractivity contribution in [2.45, 2.75) is 32.6 Å². The van der Waals surface area contributed by atoms with Gasteiger partial charge in [0.25, 0.3) is 0 Å². The zero-order valence-electron chi connectivity index (χ0n) is 13.7. The van der Waals surface area contributed by atoms with Gasteiger partial charge in [-0.3, -0.25) is 0 Å². The van der Waals surface area contributed by atoms with Crippen LogP contribution in [-0.4, -0.2) is 18.1 Å². The Morgan fingerprint density at radius 2 is 2.04 bits per heavy atom. The number of nitrogens with zero attached hydrogens (tertiary/aromatic N) is 2. The van der Waals surface area contributed by atoms with Crippen LogP contribution in [-0.2, 0) is 0 Å². The van der Waals surface area contributed by atoms with Gasteiger partial charge in [-0.2, -0.15) is 5.26 Å². The summed E-state index contributed by atoms with van der Waals surface area (Å²) < 4.78 is 0. The van der Waals surface area contributed by atoms with Crippen LogP contribution in [0.3, 0.4) is 0 Å². The van der Waals surface area contributed by atoms with Crippen LogP contribution in [0.2, 0.25) is 0 Å². The Balaban J connectivity index is 2.17. The molecule has 1 atom stereocenters. The van der Waals surface area contributed by atoms with Crippen LogP contribution in [0.25, 0.3) is 11.3 Å². The third kappa shape index (κ3) is 2.93. The van der Waals surface area contributed by atoms with Gasteiger partial charge in [-0.1, -0.05) is 18.2 Å². The Kier molecular flexibility index (Phi) is 4.31. The number of nitrogen functional groups attached to an aromatic ring is 1. The molecular weight excluding hydrogens is 284 g/mol. The van der Waals surface area contributed by atoms with Crippen molar-refractivity contribution in [1.29, 1.82) is 5.26 Å². The molecule has 1 aliphatic rings. The van der Waals surface area contributed by atoms with E-state index in [-0.39, 0.29) is 0 Å². The Hall–Kier alpha value is -2.38. The molecule has 23 heavy (non-hydrogen) atoms. The maximum atomic E-state index is 9.51. The highest BCUT2D eigenvalue weighted by Crippen LogP contribution is 2.34. The van der Waals surface area contributed by atoms with Crippen LogP contribution >= 0.6 is 0 Å². The number of nitriles is 1. The number of nitrogens with two attached hydrogens (primary N) is 1. The summed E-state index contributed by atoms with van der Waals surface area (Å²) in [5.74, 6) is 0.667. The number of hydrogen-bond donors (Lipinski definition) is 2. The molecule has 1 aromatic carbocycles. The molecule has 118 valence electrons. The topological polar surface area (TPSA) is 74.7 Å². The summed E-state index contributed by atoms with van der Waals surface area (Å²) in [6.45, 7) is 6.10. The van der Waals surface area contributed by atoms with Crippen LogP contribution in [0.5, 0.6) is 0 Å². The summed E-state index contributed by atoms with van der Waals surface area (Å²) in [6.07, 6.45) is 2.20. The predicted octanol–water partition coefficient (Wildman–Crippen LogP) is 3.29. The highest BCUT2D eigenvalue weighted by Gasteiger charge is 2.22. The molecule has 3 rings (SSSR count). The van der Waals surface area contributed by atoms with Gasteiger partial charge in [-0.05, 0) is 61.9 Å². The average Bonchev–Trinajstić information content (AvgIpc) is 2.55. The molecule has 0 bridgehead atoms. The zero-order valence-corrected chi connectivity index (χ0v) is 13.7. The largest absolute Gasteiger partial charge is 0.383 e. The number of piperidine rings is 1. The molecular formula is C19H22N4. The van der Waals surface area contributed by atoms with E-state index in [1.807, 2.05) is 6.07 Å². The molecule has 2 heterocycles. The summed E-state index contributed by atoms with van der Waals surface area (Å²) >= 11 is 0. The Morgan fingerprint density at radius 3 is 2.65 bits per heavy atom. The molecule has 0 aliphatic carbocycles. The predicted molar refractivity (Wildman–Crippen MR) is 93.1 cm³/mol. The van der Waals surface area contributed by atoms with E-state index in [9.17, 15) is 5.26 Å². The van der Waals surface area contributed by atoms with Crippen LogP contribution in [0.1, 0.15) is 41.0 Å². The maximum Gasteiger partial charge on any atom is 0.142 e. The van der Waals surface area contributed by atoms with Gasteiger partial charge >= 0.3 is 0 Å². The lowest BCUT2D eigenvalue weighted by Gasteiger charge is -2.25. The molecule has 1 aromatic heterocycles. The Bertz CT molecular complexity index is 747. The number of hydrogen-bond acceptors (Lipinski definition) is 4. The first-order valence-electron chi connectivity index (χ1n) is 8.09. The van der Waals surface area contributed by atoms with Gasteiger partial charge < -0.3 is 11.1 Å². The second-order valence-electron chi connectivity index (χ2n) is 6.28.